The second-order valence-corrected chi connectivity index (χ2v) is 5.50. The first-order valence-electron chi connectivity index (χ1n) is 8.27. The van der Waals surface area contributed by atoms with Crippen molar-refractivity contribution in [3.8, 4) is 0 Å². The molecule has 1 aromatic carbocycles. The highest BCUT2D eigenvalue weighted by atomic mass is 127. The monoisotopic (exact) mass is 488 g/mol. The van der Waals surface area contributed by atoms with E-state index < -0.39 is 11.7 Å². The Morgan fingerprint density at radius 1 is 1.23 bits per heavy atom. The Hall–Kier alpha value is -1.07. The van der Waals surface area contributed by atoms with Crippen LogP contribution in [-0.4, -0.2) is 50.8 Å². The lowest BCUT2D eigenvalue weighted by Crippen LogP contribution is -2.36. The number of likely N-dealkylation sites (N-methyl/N-ethyl adjacent to an activating group) is 1. The number of nitrogens with zero attached hydrogens (tertiary/aromatic N) is 2. The number of alkyl halides is 3. The molecule has 0 aliphatic rings. The van der Waals surface area contributed by atoms with Crippen LogP contribution in [0.5, 0.6) is 0 Å². The van der Waals surface area contributed by atoms with Gasteiger partial charge in [-0.05, 0) is 30.8 Å². The summed E-state index contributed by atoms with van der Waals surface area (Å²) in [5.41, 5.74) is 5.95. The van der Waals surface area contributed by atoms with Crippen LogP contribution >= 0.6 is 24.0 Å². The van der Waals surface area contributed by atoms with Gasteiger partial charge >= 0.3 is 6.18 Å². The zero-order valence-electron chi connectivity index (χ0n) is 15.3. The number of hydrogen-bond acceptors (Lipinski definition) is 3. The molecule has 0 fully saturated rings. The minimum Gasteiger partial charge on any atom is -0.383 e. The van der Waals surface area contributed by atoms with E-state index >= 15 is 0 Å². The Morgan fingerprint density at radius 2 is 1.81 bits per heavy atom. The number of rotatable bonds is 9. The van der Waals surface area contributed by atoms with Gasteiger partial charge in [-0.15, -0.1) is 24.0 Å². The summed E-state index contributed by atoms with van der Waals surface area (Å²) in [6.45, 7) is 6.94. The predicted octanol–water partition coefficient (Wildman–Crippen LogP) is 3.26. The zero-order valence-corrected chi connectivity index (χ0v) is 17.7. The van der Waals surface area contributed by atoms with Crippen molar-refractivity contribution in [1.82, 2.24) is 10.2 Å². The van der Waals surface area contributed by atoms with Gasteiger partial charge in [-0.3, -0.25) is 9.89 Å². The Balaban J connectivity index is 0.00000625. The van der Waals surface area contributed by atoms with Gasteiger partial charge in [0.1, 0.15) is 0 Å². The van der Waals surface area contributed by atoms with Crippen LogP contribution in [0.15, 0.2) is 29.3 Å². The lowest BCUT2D eigenvalue weighted by Gasteiger charge is -2.29. The van der Waals surface area contributed by atoms with E-state index in [0.717, 1.165) is 30.8 Å². The van der Waals surface area contributed by atoms with Crippen LogP contribution in [0.4, 0.5) is 13.2 Å². The quantitative estimate of drug-likeness (QED) is 0.243. The number of guanidine groups is 1. The van der Waals surface area contributed by atoms with Crippen LogP contribution < -0.4 is 11.1 Å². The van der Waals surface area contributed by atoms with Crippen molar-refractivity contribution in [2.45, 2.75) is 26.1 Å². The number of halogens is 4. The van der Waals surface area contributed by atoms with Crippen molar-refractivity contribution in [2.24, 2.45) is 10.7 Å². The van der Waals surface area contributed by atoms with Gasteiger partial charge in [0.25, 0.3) is 0 Å². The summed E-state index contributed by atoms with van der Waals surface area (Å²) in [6, 6.07) is 5.09. The molecule has 0 aliphatic carbocycles. The summed E-state index contributed by atoms with van der Waals surface area (Å²) >= 11 is 0. The molecule has 1 atom stereocenters. The standard InChI is InChI=1S/C17H27F3N4O.HI/c1-4-24(5-2)15(12-23-16(21)22-10-11-25-3)13-6-8-14(9-7-13)17(18,19)20;/h6-9,15H,4-5,10-12H2,1-3H3,(H3,21,22,23);1H. The smallest absolute Gasteiger partial charge is 0.383 e. The SMILES string of the molecule is CCN(CC)C(CN=C(N)NCCOC)c1ccc(C(F)(F)F)cc1.I. The summed E-state index contributed by atoms with van der Waals surface area (Å²) in [4.78, 5) is 6.46. The molecule has 0 heterocycles. The first-order valence-corrected chi connectivity index (χ1v) is 8.27. The third-order valence-corrected chi connectivity index (χ3v) is 3.92. The molecule has 150 valence electrons. The highest BCUT2D eigenvalue weighted by Gasteiger charge is 2.30. The summed E-state index contributed by atoms with van der Waals surface area (Å²) in [6.07, 6.45) is -4.34. The second kappa shape index (κ2) is 12.3. The maximum Gasteiger partial charge on any atom is 0.416 e. The topological polar surface area (TPSA) is 62.9 Å². The molecule has 0 bridgehead atoms. The van der Waals surface area contributed by atoms with Gasteiger partial charge in [-0.1, -0.05) is 26.0 Å². The van der Waals surface area contributed by atoms with Crippen molar-refractivity contribution in [3.63, 3.8) is 0 Å². The van der Waals surface area contributed by atoms with E-state index in [1.165, 1.54) is 12.1 Å². The van der Waals surface area contributed by atoms with Gasteiger partial charge in [-0.2, -0.15) is 13.2 Å². The molecule has 0 aromatic heterocycles. The third-order valence-electron chi connectivity index (χ3n) is 3.92. The van der Waals surface area contributed by atoms with Crippen LogP contribution in [0, 0.1) is 0 Å². The highest BCUT2D eigenvalue weighted by Crippen LogP contribution is 2.30. The average molecular weight is 488 g/mol. The van der Waals surface area contributed by atoms with Crippen molar-refractivity contribution in [2.75, 3.05) is 39.9 Å². The van der Waals surface area contributed by atoms with Crippen molar-refractivity contribution >= 4 is 29.9 Å². The molecule has 0 saturated carbocycles. The van der Waals surface area contributed by atoms with Gasteiger partial charge < -0.3 is 15.8 Å². The van der Waals surface area contributed by atoms with E-state index in [2.05, 4.69) is 15.2 Å². The first-order chi connectivity index (χ1) is 11.8. The van der Waals surface area contributed by atoms with Gasteiger partial charge in [0.15, 0.2) is 5.96 Å². The van der Waals surface area contributed by atoms with E-state index in [-0.39, 0.29) is 30.0 Å². The lowest BCUT2D eigenvalue weighted by atomic mass is 10.0. The van der Waals surface area contributed by atoms with E-state index in [9.17, 15) is 13.2 Å². The fourth-order valence-corrected chi connectivity index (χ4v) is 2.51. The minimum absolute atomic E-state index is 0. The normalized spacial score (nSPS) is 13.4. The molecule has 26 heavy (non-hydrogen) atoms. The second-order valence-electron chi connectivity index (χ2n) is 5.50. The minimum atomic E-state index is -4.34. The summed E-state index contributed by atoms with van der Waals surface area (Å²) in [5, 5.41) is 2.93. The number of nitrogens with two attached hydrogens (primary N) is 1. The molecular formula is C17H28F3IN4O. The number of ether oxygens (including phenoxy) is 1. The molecule has 0 radical (unpaired) electrons. The van der Waals surface area contributed by atoms with Crippen LogP contribution in [0.2, 0.25) is 0 Å². The third kappa shape index (κ3) is 8.09. The summed E-state index contributed by atoms with van der Waals surface area (Å²) < 4.78 is 43.2. The molecule has 0 aliphatic heterocycles. The van der Waals surface area contributed by atoms with E-state index in [0.29, 0.717) is 25.7 Å². The molecule has 0 saturated heterocycles. The van der Waals surface area contributed by atoms with Gasteiger partial charge in [0.05, 0.1) is 24.8 Å². The molecule has 0 spiro atoms. The van der Waals surface area contributed by atoms with E-state index in [1.54, 1.807) is 7.11 Å². The number of aliphatic imine (C=N–C) groups is 1. The average Bonchev–Trinajstić information content (AvgIpc) is 2.58. The fourth-order valence-electron chi connectivity index (χ4n) is 2.51. The summed E-state index contributed by atoms with van der Waals surface area (Å²) in [7, 11) is 1.59. The van der Waals surface area contributed by atoms with E-state index in [1.807, 2.05) is 13.8 Å². The zero-order chi connectivity index (χ0) is 18.9. The Kier molecular flexibility index (Phi) is 11.8. The first kappa shape index (κ1) is 24.9. The van der Waals surface area contributed by atoms with Crippen LogP contribution in [0.3, 0.4) is 0 Å². The van der Waals surface area contributed by atoms with Crippen molar-refractivity contribution in [1.29, 1.82) is 0 Å². The molecule has 1 aromatic rings. The number of methoxy groups -OCH3 is 1. The Morgan fingerprint density at radius 3 is 2.27 bits per heavy atom. The van der Waals surface area contributed by atoms with Crippen LogP contribution in [-0.2, 0) is 10.9 Å². The molecule has 9 heteroatoms. The number of benzene rings is 1. The summed E-state index contributed by atoms with van der Waals surface area (Å²) in [5.74, 6) is 0.293. The van der Waals surface area contributed by atoms with Crippen molar-refractivity contribution in [3.05, 3.63) is 35.4 Å². The van der Waals surface area contributed by atoms with Crippen molar-refractivity contribution < 1.29 is 17.9 Å². The molecule has 0 amide bonds. The molecule has 1 unspecified atom stereocenters. The van der Waals surface area contributed by atoms with Crippen LogP contribution in [0.1, 0.15) is 31.0 Å². The van der Waals surface area contributed by atoms with Gasteiger partial charge in [0, 0.05) is 13.7 Å². The maximum absolute atomic E-state index is 12.7. The predicted molar refractivity (Wildman–Crippen MR) is 109 cm³/mol. The highest BCUT2D eigenvalue weighted by molar-refractivity contribution is 14.0. The number of nitrogens with one attached hydrogen (secondary N) is 1. The Bertz CT molecular complexity index is 534. The fraction of sp³-hybridized carbons (Fsp3) is 0.588. The molecule has 3 N–H and O–H groups in total. The molecule has 5 nitrogen and oxygen atoms in total. The number of hydrogen-bond donors (Lipinski definition) is 2. The Labute approximate surface area is 170 Å². The van der Waals surface area contributed by atoms with Crippen LogP contribution in [0.25, 0.3) is 0 Å². The van der Waals surface area contributed by atoms with Gasteiger partial charge in [0.2, 0.25) is 0 Å². The lowest BCUT2D eigenvalue weighted by molar-refractivity contribution is -0.137. The van der Waals surface area contributed by atoms with Gasteiger partial charge in [-0.25, -0.2) is 0 Å². The maximum atomic E-state index is 12.7. The largest absolute Gasteiger partial charge is 0.416 e. The molecular weight excluding hydrogens is 460 g/mol. The van der Waals surface area contributed by atoms with E-state index in [4.69, 9.17) is 10.5 Å². The molecule has 1 rings (SSSR count).